The highest BCUT2D eigenvalue weighted by Gasteiger charge is 2.49. The minimum atomic E-state index is -2.32. The average Bonchev–Trinajstić information content (AvgIpc) is 2.95. The minimum Gasteiger partial charge on any atom is -0.0647 e. The van der Waals surface area contributed by atoms with Crippen LogP contribution in [0.15, 0.2) is 113 Å². The summed E-state index contributed by atoms with van der Waals surface area (Å²) in [7, 11) is -2.32. The highest BCUT2D eigenvalue weighted by atomic mass is 28.3. The van der Waals surface area contributed by atoms with Crippen LogP contribution in [0.25, 0.3) is 0 Å². The summed E-state index contributed by atoms with van der Waals surface area (Å²) in [6.45, 7) is 9.32. The van der Waals surface area contributed by atoms with E-state index in [9.17, 15) is 0 Å². The van der Waals surface area contributed by atoms with Gasteiger partial charge in [-0.1, -0.05) is 102 Å². The summed E-state index contributed by atoms with van der Waals surface area (Å²) in [6.07, 6.45) is 0. The standard InChI is InChI=1S/C27H28Si/c1-20-21(2)23(4)27(22(20)3)28(24-14-8-5-9-15-24,25-16-10-6-11-17-25)26-18-12-7-13-19-26/h5-19,27H,1-4H3. The second-order valence-corrected chi connectivity index (χ2v) is 11.9. The Labute approximate surface area is 170 Å². The maximum absolute atomic E-state index is 2.36. The van der Waals surface area contributed by atoms with Crippen molar-refractivity contribution in [2.45, 2.75) is 33.2 Å². The van der Waals surface area contributed by atoms with E-state index in [0.717, 1.165) is 0 Å². The molecule has 0 spiro atoms. The van der Waals surface area contributed by atoms with Crippen molar-refractivity contribution in [3.05, 3.63) is 113 Å². The Hall–Kier alpha value is -2.64. The summed E-state index contributed by atoms with van der Waals surface area (Å²) in [4.78, 5) is 0. The van der Waals surface area contributed by atoms with Crippen LogP contribution in [-0.4, -0.2) is 8.07 Å². The molecule has 0 atom stereocenters. The molecule has 0 aromatic heterocycles. The Morgan fingerprint density at radius 2 is 0.750 bits per heavy atom. The van der Waals surface area contributed by atoms with Crippen LogP contribution in [0, 0.1) is 0 Å². The highest BCUT2D eigenvalue weighted by molar-refractivity contribution is 7.13. The first-order valence-electron chi connectivity index (χ1n) is 10.1. The number of rotatable bonds is 4. The summed E-state index contributed by atoms with van der Waals surface area (Å²) in [5.41, 5.74) is 6.47. The molecule has 0 nitrogen and oxygen atoms in total. The lowest BCUT2D eigenvalue weighted by Gasteiger charge is -2.41. The molecule has 0 saturated carbocycles. The molecule has 0 N–H and O–H groups in total. The van der Waals surface area contributed by atoms with Crippen molar-refractivity contribution in [3.63, 3.8) is 0 Å². The van der Waals surface area contributed by atoms with Gasteiger partial charge in [-0.3, -0.25) is 0 Å². The molecule has 1 aliphatic carbocycles. The van der Waals surface area contributed by atoms with Gasteiger partial charge in [-0.05, 0) is 54.4 Å². The van der Waals surface area contributed by atoms with Gasteiger partial charge in [0.1, 0.15) is 0 Å². The molecule has 28 heavy (non-hydrogen) atoms. The Morgan fingerprint density at radius 3 is 1.04 bits per heavy atom. The zero-order valence-electron chi connectivity index (χ0n) is 17.2. The molecule has 0 saturated heterocycles. The Morgan fingerprint density at radius 1 is 0.464 bits per heavy atom. The van der Waals surface area contributed by atoms with Crippen molar-refractivity contribution in [3.8, 4) is 0 Å². The highest BCUT2D eigenvalue weighted by Crippen LogP contribution is 2.46. The first kappa shape index (κ1) is 18.7. The van der Waals surface area contributed by atoms with E-state index in [4.69, 9.17) is 0 Å². The lowest BCUT2D eigenvalue weighted by Crippen LogP contribution is -2.70. The first-order chi connectivity index (χ1) is 13.6. The molecule has 1 heteroatoms. The summed E-state index contributed by atoms with van der Waals surface area (Å²) in [6, 6.07) is 33.8. The van der Waals surface area contributed by atoms with Crippen molar-refractivity contribution in [2.75, 3.05) is 0 Å². The third-order valence-electron chi connectivity index (χ3n) is 6.73. The molecular weight excluding hydrogens is 352 g/mol. The van der Waals surface area contributed by atoms with Crippen LogP contribution in [0.3, 0.4) is 0 Å². The van der Waals surface area contributed by atoms with Gasteiger partial charge in [0, 0.05) is 5.54 Å². The van der Waals surface area contributed by atoms with E-state index in [-0.39, 0.29) is 0 Å². The molecule has 140 valence electrons. The lowest BCUT2D eigenvalue weighted by molar-refractivity contribution is 1.09. The van der Waals surface area contributed by atoms with Crippen LogP contribution in [0.2, 0.25) is 5.54 Å². The number of allylic oxidation sites excluding steroid dienone is 4. The van der Waals surface area contributed by atoms with Gasteiger partial charge in [0.2, 0.25) is 0 Å². The van der Waals surface area contributed by atoms with E-state index in [0.29, 0.717) is 5.54 Å². The number of hydrogen-bond acceptors (Lipinski definition) is 0. The van der Waals surface area contributed by atoms with Crippen molar-refractivity contribution < 1.29 is 0 Å². The molecule has 0 amide bonds. The number of benzene rings is 3. The first-order valence-corrected chi connectivity index (χ1v) is 12.2. The topological polar surface area (TPSA) is 0 Å². The van der Waals surface area contributed by atoms with Crippen LogP contribution in [0.5, 0.6) is 0 Å². The average molecular weight is 381 g/mol. The molecule has 4 rings (SSSR count). The van der Waals surface area contributed by atoms with Crippen molar-refractivity contribution in [1.29, 1.82) is 0 Å². The Bertz CT molecular complexity index is 907. The fourth-order valence-electron chi connectivity index (χ4n) is 5.10. The van der Waals surface area contributed by atoms with E-state index in [1.54, 1.807) is 11.1 Å². The van der Waals surface area contributed by atoms with Crippen LogP contribution < -0.4 is 15.6 Å². The van der Waals surface area contributed by atoms with Crippen LogP contribution in [-0.2, 0) is 0 Å². The molecule has 3 aromatic rings. The molecule has 0 aliphatic heterocycles. The molecule has 0 bridgehead atoms. The summed E-state index contributed by atoms with van der Waals surface area (Å²) >= 11 is 0. The predicted molar refractivity (Wildman–Crippen MR) is 124 cm³/mol. The van der Waals surface area contributed by atoms with Gasteiger partial charge < -0.3 is 0 Å². The maximum Gasteiger partial charge on any atom is 0.159 e. The zero-order valence-corrected chi connectivity index (χ0v) is 18.2. The van der Waals surface area contributed by atoms with E-state index in [1.807, 2.05) is 0 Å². The SMILES string of the molecule is CC1=C(C)C([Si](c2ccccc2)(c2ccccc2)c2ccccc2)C(C)=C1C. The normalized spacial score (nSPS) is 15.4. The molecular formula is C27H28Si. The Kier molecular flexibility index (Phi) is 4.95. The molecule has 0 fully saturated rings. The van der Waals surface area contributed by atoms with Gasteiger partial charge in [-0.2, -0.15) is 0 Å². The smallest absolute Gasteiger partial charge is 0.0647 e. The largest absolute Gasteiger partial charge is 0.159 e. The third kappa shape index (κ3) is 2.73. The van der Waals surface area contributed by atoms with Crippen molar-refractivity contribution in [1.82, 2.24) is 0 Å². The van der Waals surface area contributed by atoms with Gasteiger partial charge in [0.25, 0.3) is 0 Å². The zero-order chi connectivity index (χ0) is 19.7. The monoisotopic (exact) mass is 380 g/mol. The van der Waals surface area contributed by atoms with Crippen LogP contribution >= 0.6 is 0 Å². The maximum atomic E-state index is 2.36. The Balaban J connectivity index is 2.15. The van der Waals surface area contributed by atoms with E-state index in [1.165, 1.54) is 26.7 Å². The summed E-state index contributed by atoms with van der Waals surface area (Å²) in [5.74, 6) is 0. The van der Waals surface area contributed by atoms with E-state index >= 15 is 0 Å². The van der Waals surface area contributed by atoms with Crippen LogP contribution in [0.4, 0.5) is 0 Å². The fraction of sp³-hybridized carbons (Fsp3) is 0.185. The van der Waals surface area contributed by atoms with Gasteiger partial charge in [0.15, 0.2) is 8.07 Å². The second kappa shape index (κ2) is 7.41. The molecule has 0 radical (unpaired) electrons. The van der Waals surface area contributed by atoms with Crippen LogP contribution in [0.1, 0.15) is 27.7 Å². The molecule has 3 aromatic carbocycles. The second-order valence-electron chi connectivity index (χ2n) is 7.96. The molecule has 0 heterocycles. The molecule has 1 aliphatic rings. The van der Waals surface area contributed by atoms with Crippen molar-refractivity contribution in [2.24, 2.45) is 0 Å². The van der Waals surface area contributed by atoms with Gasteiger partial charge in [-0.15, -0.1) is 0 Å². The van der Waals surface area contributed by atoms with Gasteiger partial charge in [-0.25, -0.2) is 0 Å². The summed E-state index contributed by atoms with van der Waals surface area (Å²) < 4.78 is 0. The number of hydrogen-bond donors (Lipinski definition) is 0. The quantitative estimate of drug-likeness (QED) is 0.430. The lowest BCUT2D eigenvalue weighted by atomic mass is 10.1. The van der Waals surface area contributed by atoms with Gasteiger partial charge in [0.05, 0.1) is 0 Å². The fourth-order valence-corrected chi connectivity index (χ4v) is 11.0. The van der Waals surface area contributed by atoms with Gasteiger partial charge >= 0.3 is 0 Å². The predicted octanol–water partition coefficient (Wildman–Crippen LogP) is 5.21. The third-order valence-corrected chi connectivity index (χ3v) is 12.2. The van der Waals surface area contributed by atoms with E-state index < -0.39 is 8.07 Å². The molecule has 0 unspecified atom stereocenters. The summed E-state index contributed by atoms with van der Waals surface area (Å²) in [5, 5.41) is 4.45. The van der Waals surface area contributed by atoms with E-state index in [2.05, 4.69) is 119 Å². The van der Waals surface area contributed by atoms with Crippen molar-refractivity contribution >= 4 is 23.6 Å². The minimum absolute atomic E-state index is 0.444.